The zero-order valence-corrected chi connectivity index (χ0v) is 19.0. The van der Waals surface area contributed by atoms with E-state index < -0.39 is 0 Å². The van der Waals surface area contributed by atoms with Crippen LogP contribution < -0.4 is 4.74 Å². The zero-order chi connectivity index (χ0) is 22.0. The predicted molar refractivity (Wildman–Crippen MR) is 120 cm³/mol. The lowest BCUT2D eigenvalue weighted by Gasteiger charge is -2.26. The highest BCUT2D eigenvalue weighted by Crippen LogP contribution is 2.44. The summed E-state index contributed by atoms with van der Waals surface area (Å²) >= 11 is 3.46. The van der Waals surface area contributed by atoms with Crippen LogP contribution in [0.25, 0.3) is 11.3 Å². The van der Waals surface area contributed by atoms with Gasteiger partial charge in [0.25, 0.3) is 5.91 Å². The molecule has 3 aromatic rings. The number of hydrogen-bond donors (Lipinski definition) is 2. The first-order chi connectivity index (χ1) is 15.0. The van der Waals surface area contributed by atoms with E-state index in [-0.39, 0.29) is 17.7 Å². The molecule has 0 radical (unpaired) electrons. The number of carbonyl (C=O) groups is 1. The fraction of sp³-hybridized carbons (Fsp3) is 0.304. The summed E-state index contributed by atoms with van der Waals surface area (Å²) in [6, 6.07) is 12.7. The molecule has 162 valence electrons. The Morgan fingerprint density at radius 3 is 2.71 bits per heavy atom. The number of ether oxygens (including phenoxy) is 2. The average Bonchev–Trinajstić information content (AvgIpc) is 3.30. The van der Waals surface area contributed by atoms with Crippen LogP contribution in [0.4, 0.5) is 0 Å². The number of carbonyl (C=O) groups excluding carboxylic acids is 1. The van der Waals surface area contributed by atoms with Gasteiger partial charge in [-0.15, -0.1) is 0 Å². The Hall–Kier alpha value is -2.84. The van der Waals surface area contributed by atoms with Gasteiger partial charge in [-0.2, -0.15) is 5.10 Å². The number of benzene rings is 2. The van der Waals surface area contributed by atoms with Crippen molar-refractivity contribution in [3.8, 4) is 22.8 Å². The second kappa shape index (κ2) is 9.11. The molecule has 2 N–H and O–H groups in total. The molecule has 2 aromatic carbocycles. The van der Waals surface area contributed by atoms with E-state index in [2.05, 4.69) is 26.1 Å². The molecule has 1 aromatic heterocycles. The van der Waals surface area contributed by atoms with E-state index in [4.69, 9.17) is 9.47 Å². The van der Waals surface area contributed by atoms with Crippen molar-refractivity contribution in [1.29, 1.82) is 0 Å². The van der Waals surface area contributed by atoms with E-state index >= 15 is 0 Å². The first kappa shape index (κ1) is 21.4. The minimum Gasteiger partial charge on any atom is -0.504 e. The third kappa shape index (κ3) is 4.05. The third-order valence-corrected chi connectivity index (χ3v) is 5.86. The number of methoxy groups -OCH3 is 1. The number of aromatic amines is 1. The lowest BCUT2D eigenvalue weighted by Crippen LogP contribution is -2.31. The largest absolute Gasteiger partial charge is 0.504 e. The lowest BCUT2D eigenvalue weighted by molar-refractivity contribution is 0.0723. The van der Waals surface area contributed by atoms with Gasteiger partial charge in [0.1, 0.15) is 5.69 Å². The highest BCUT2D eigenvalue weighted by molar-refractivity contribution is 9.10. The smallest absolute Gasteiger partial charge is 0.273 e. The normalized spacial score (nSPS) is 15.4. The molecule has 7 nitrogen and oxygen atoms in total. The number of amides is 1. The molecular formula is C23H24BrN3O4. The fourth-order valence-electron chi connectivity index (χ4n) is 3.95. The van der Waals surface area contributed by atoms with Crippen LogP contribution in [0.15, 0.2) is 46.9 Å². The molecule has 1 unspecified atom stereocenters. The highest BCUT2D eigenvalue weighted by Gasteiger charge is 2.42. The van der Waals surface area contributed by atoms with Crippen LogP contribution in [-0.2, 0) is 4.74 Å². The number of H-pyrrole nitrogens is 1. The van der Waals surface area contributed by atoms with Gasteiger partial charge in [-0.05, 0) is 43.2 Å². The number of nitrogens with zero attached hydrogens (tertiary/aromatic N) is 2. The molecule has 0 spiro atoms. The number of halogens is 1. The molecule has 0 fully saturated rings. The van der Waals surface area contributed by atoms with E-state index in [1.807, 2.05) is 42.2 Å². The molecule has 1 amide bonds. The zero-order valence-electron chi connectivity index (χ0n) is 17.4. The molecule has 0 bridgehead atoms. The van der Waals surface area contributed by atoms with Crippen molar-refractivity contribution in [2.24, 2.45) is 0 Å². The quantitative estimate of drug-likeness (QED) is 0.457. The van der Waals surface area contributed by atoms with E-state index in [0.717, 1.165) is 26.9 Å². The average molecular weight is 486 g/mol. The number of fused-ring (bicyclic) bond motifs is 1. The van der Waals surface area contributed by atoms with E-state index in [1.54, 1.807) is 19.2 Å². The maximum atomic E-state index is 13.3. The van der Waals surface area contributed by atoms with Gasteiger partial charge < -0.3 is 19.5 Å². The molecule has 1 aliphatic rings. The molecule has 31 heavy (non-hydrogen) atoms. The van der Waals surface area contributed by atoms with Crippen LogP contribution in [-0.4, -0.2) is 53.0 Å². The van der Waals surface area contributed by atoms with Crippen LogP contribution in [0.3, 0.4) is 0 Å². The Balaban J connectivity index is 1.82. The Morgan fingerprint density at radius 2 is 2.00 bits per heavy atom. The number of hydrogen-bond acceptors (Lipinski definition) is 5. The van der Waals surface area contributed by atoms with Crippen molar-refractivity contribution in [1.82, 2.24) is 15.1 Å². The summed E-state index contributed by atoms with van der Waals surface area (Å²) in [6.45, 7) is 3.38. The fourth-order valence-corrected chi connectivity index (χ4v) is 4.22. The van der Waals surface area contributed by atoms with Gasteiger partial charge in [0.05, 0.1) is 18.3 Å². The Kier molecular flexibility index (Phi) is 6.29. The maximum absolute atomic E-state index is 13.3. The van der Waals surface area contributed by atoms with Crippen molar-refractivity contribution in [2.45, 2.75) is 19.4 Å². The predicted octanol–water partition coefficient (Wildman–Crippen LogP) is 4.53. The summed E-state index contributed by atoms with van der Waals surface area (Å²) in [5, 5.41) is 17.6. The first-order valence-corrected chi connectivity index (χ1v) is 10.9. The van der Waals surface area contributed by atoms with Crippen LogP contribution in [0.1, 0.15) is 41.0 Å². The number of phenols is 1. The van der Waals surface area contributed by atoms with E-state index in [0.29, 0.717) is 37.6 Å². The molecule has 1 aliphatic heterocycles. The minimum atomic E-state index is -0.350. The van der Waals surface area contributed by atoms with Crippen LogP contribution >= 0.6 is 15.9 Å². The topological polar surface area (TPSA) is 87.7 Å². The molecule has 4 rings (SSSR count). The number of aromatic nitrogens is 2. The molecule has 8 heteroatoms. The van der Waals surface area contributed by atoms with Gasteiger partial charge in [-0.3, -0.25) is 9.89 Å². The Bertz CT molecular complexity index is 1080. The second-order valence-corrected chi connectivity index (χ2v) is 8.19. The highest BCUT2D eigenvalue weighted by atomic mass is 79.9. The summed E-state index contributed by atoms with van der Waals surface area (Å²) in [5.41, 5.74) is 3.83. The molecule has 2 heterocycles. The Labute approximate surface area is 189 Å². The van der Waals surface area contributed by atoms with Crippen LogP contribution in [0.2, 0.25) is 0 Å². The van der Waals surface area contributed by atoms with Crippen molar-refractivity contribution in [3.63, 3.8) is 0 Å². The van der Waals surface area contributed by atoms with Gasteiger partial charge in [0, 0.05) is 35.9 Å². The third-order valence-electron chi connectivity index (χ3n) is 5.33. The molecule has 1 atom stereocenters. The van der Waals surface area contributed by atoms with Gasteiger partial charge in [-0.25, -0.2) is 0 Å². The molecule has 0 saturated heterocycles. The van der Waals surface area contributed by atoms with Gasteiger partial charge in [0.2, 0.25) is 0 Å². The monoisotopic (exact) mass is 485 g/mol. The van der Waals surface area contributed by atoms with Crippen molar-refractivity contribution < 1.29 is 19.4 Å². The maximum Gasteiger partial charge on any atom is 0.273 e. The number of rotatable bonds is 8. The number of phenolic OH excluding ortho intramolecular Hbond substituents is 1. The summed E-state index contributed by atoms with van der Waals surface area (Å²) in [4.78, 5) is 15.1. The van der Waals surface area contributed by atoms with Crippen molar-refractivity contribution in [3.05, 3.63) is 63.8 Å². The molecule has 0 saturated carbocycles. The van der Waals surface area contributed by atoms with E-state index in [1.165, 1.54) is 0 Å². The van der Waals surface area contributed by atoms with Crippen molar-refractivity contribution >= 4 is 21.8 Å². The lowest BCUT2D eigenvalue weighted by atomic mass is 9.95. The van der Waals surface area contributed by atoms with Gasteiger partial charge in [0.15, 0.2) is 11.5 Å². The summed E-state index contributed by atoms with van der Waals surface area (Å²) in [6.07, 6.45) is 0.709. The summed E-state index contributed by atoms with van der Waals surface area (Å²) in [5.74, 6) is 0.367. The molecule has 0 aliphatic carbocycles. The standard InChI is InChI=1S/C23H24BrN3O4/c1-3-31-18-13-15(7-10-17(18)28)22-19-20(14-5-8-16(24)9-6-14)25-26-21(19)23(29)27(22)11-4-12-30-2/h5-10,13,22,28H,3-4,11-12H2,1-2H3,(H,25,26). The second-order valence-electron chi connectivity index (χ2n) is 7.28. The SMILES string of the molecule is CCOc1cc(C2c3c(-c4ccc(Br)cc4)n[nH]c3C(=O)N2CCCOC)ccc1O. The van der Waals surface area contributed by atoms with Gasteiger partial charge in [-0.1, -0.05) is 34.1 Å². The number of aromatic hydroxyl groups is 1. The van der Waals surface area contributed by atoms with E-state index in [9.17, 15) is 9.90 Å². The summed E-state index contributed by atoms with van der Waals surface area (Å²) in [7, 11) is 1.65. The Morgan fingerprint density at radius 1 is 1.23 bits per heavy atom. The first-order valence-electron chi connectivity index (χ1n) is 10.1. The molecular weight excluding hydrogens is 462 g/mol. The van der Waals surface area contributed by atoms with Gasteiger partial charge >= 0.3 is 0 Å². The minimum absolute atomic E-state index is 0.0707. The van der Waals surface area contributed by atoms with Crippen LogP contribution in [0.5, 0.6) is 11.5 Å². The number of nitrogens with one attached hydrogen (secondary N) is 1. The van der Waals surface area contributed by atoms with Crippen LogP contribution in [0, 0.1) is 0 Å². The van der Waals surface area contributed by atoms with Crippen molar-refractivity contribution in [2.75, 3.05) is 26.9 Å². The summed E-state index contributed by atoms with van der Waals surface area (Å²) < 4.78 is 11.8.